The number of nitrogens with zero attached hydrogens (tertiary/aromatic N) is 3. The second-order valence-corrected chi connectivity index (χ2v) is 12.2. The Morgan fingerprint density at radius 3 is 1.55 bits per heavy atom. The molecule has 3 nitrogen and oxygen atoms in total. The van der Waals surface area contributed by atoms with Crippen LogP contribution in [0, 0.1) is 0 Å². The smallest absolute Gasteiger partial charge is 0.0788 e. The molecule has 3 heteroatoms. The van der Waals surface area contributed by atoms with Gasteiger partial charge in [-0.1, -0.05) is 115 Å². The van der Waals surface area contributed by atoms with Crippen LogP contribution in [0.1, 0.15) is 0 Å². The minimum Gasteiger partial charge on any atom is -0.315 e. The zero-order valence-electron chi connectivity index (χ0n) is 25.6. The number of hydrogen-bond acceptors (Lipinski definition) is 0. The van der Waals surface area contributed by atoms with E-state index in [1.807, 2.05) is 0 Å². The molecule has 0 amide bonds. The van der Waals surface area contributed by atoms with E-state index in [1.54, 1.807) is 0 Å². The second kappa shape index (κ2) is 10.1. The van der Waals surface area contributed by atoms with E-state index in [-0.39, 0.29) is 0 Å². The molecule has 3 aromatic heterocycles. The molecule has 10 aromatic rings. The first-order chi connectivity index (χ1) is 23.3. The molecule has 7 aromatic carbocycles. The first kappa shape index (κ1) is 26.0. The van der Waals surface area contributed by atoms with Crippen molar-refractivity contribution in [2.24, 2.45) is 0 Å². The molecule has 0 saturated carbocycles. The first-order valence-corrected chi connectivity index (χ1v) is 16.1. The van der Waals surface area contributed by atoms with Gasteiger partial charge in [0.05, 0.1) is 27.6 Å². The van der Waals surface area contributed by atoms with E-state index >= 15 is 0 Å². The van der Waals surface area contributed by atoms with Crippen molar-refractivity contribution in [3.63, 3.8) is 0 Å². The molecule has 220 valence electrons. The molecule has 0 radical (unpaired) electrons. The van der Waals surface area contributed by atoms with Crippen molar-refractivity contribution < 1.29 is 0 Å². The average molecular weight is 600 g/mol. The highest BCUT2D eigenvalue weighted by atomic mass is 15.0. The van der Waals surface area contributed by atoms with Crippen LogP contribution in [0.25, 0.3) is 82.7 Å². The van der Waals surface area contributed by atoms with Crippen LogP contribution in [-0.4, -0.2) is 13.7 Å². The molecule has 0 saturated heterocycles. The van der Waals surface area contributed by atoms with E-state index in [9.17, 15) is 0 Å². The molecule has 0 bridgehead atoms. The standard InChI is InChI=1S/C44H29N3/c1-3-13-30(14-4-1)32-27-34(29-35(28-32)46-40-20-10-7-17-36(40)37-18-8-11-21-41(37)46)45-26-25-31-23-24-39-38-19-9-12-22-42(38)47(44(39)43(31)45)33-15-5-2-6-16-33/h1-29H. The third-order valence-electron chi connectivity index (χ3n) is 9.63. The van der Waals surface area contributed by atoms with E-state index in [0.29, 0.717) is 0 Å². The van der Waals surface area contributed by atoms with Gasteiger partial charge in [0, 0.05) is 50.2 Å². The molecule has 47 heavy (non-hydrogen) atoms. The Morgan fingerprint density at radius 2 is 0.872 bits per heavy atom. The van der Waals surface area contributed by atoms with Gasteiger partial charge >= 0.3 is 0 Å². The maximum atomic E-state index is 2.43. The summed E-state index contributed by atoms with van der Waals surface area (Å²) in [7, 11) is 0. The van der Waals surface area contributed by atoms with Gasteiger partial charge in [0.25, 0.3) is 0 Å². The maximum absolute atomic E-state index is 2.43. The van der Waals surface area contributed by atoms with E-state index in [4.69, 9.17) is 0 Å². The zero-order valence-corrected chi connectivity index (χ0v) is 25.6. The molecule has 0 atom stereocenters. The second-order valence-electron chi connectivity index (χ2n) is 12.2. The van der Waals surface area contributed by atoms with Gasteiger partial charge in [-0.15, -0.1) is 0 Å². The lowest BCUT2D eigenvalue weighted by Gasteiger charge is -2.16. The number of hydrogen-bond donors (Lipinski definition) is 0. The number of para-hydroxylation sites is 4. The maximum Gasteiger partial charge on any atom is 0.0788 e. The lowest BCUT2D eigenvalue weighted by Crippen LogP contribution is -2.01. The summed E-state index contributed by atoms with van der Waals surface area (Å²) in [5.74, 6) is 0. The Morgan fingerprint density at radius 1 is 0.319 bits per heavy atom. The van der Waals surface area contributed by atoms with Crippen molar-refractivity contribution in [3.05, 3.63) is 176 Å². The Balaban J connectivity index is 1.33. The van der Waals surface area contributed by atoms with Crippen LogP contribution in [0.2, 0.25) is 0 Å². The van der Waals surface area contributed by atoms with Gasteiger partial charge in [-0.3, -0.25) is 0 Å². The Kier molecular flexibility index (Phi) is 5.57. The lowest BCUT2D eigenvalue weighted by molar-refractivity contribution is 1.10. The van der Waals surface area contributed by atoms with Crippen molar-refractivity contribution >= 4 is 54.5 Å². The van der Waals surface area contributed by atoms with Crippen LogP contribution >= 0.6 is 0 Å². The minimum absolute atomic E-state index is 1.12. The summed E-state index contributed by atoms with van der Waals surface area (Å²) in [4.78, 5) is 0. The van der Waals surface area contributed by atoms with Crippen LogP contribution in [0.15, 0.2) is 176 Å². The highest BCUT2D eigenvalue weighted by molar-refractivity contribution is 6.18. The van der Waals surface area contributed by atoms with Gasteiger partial charge in [0.15, 0.2) is 0 Å². The Labute approximate surface area is 271 Å². The largest absolute Gasteiger partial charge is 0.315 e. The molecular weight excluding hydrogens is 571 g/mol. The quantitative estimate of drug-likeness (QED) is 0.191. The van der Waals surface area contributed by atoms with E-state index in [2.05, 4.69) is 190 Å². The van der Waals surface area contributed by atoms with Crippen LogP contribution < -0.4 is 0 Å². The predicted molar refractivity (Wildman–Crippen MR) is 197 cm³/mol. The van der Waals surface area contributed by atoms with Crippen LogP contribution in [0.5, 0.6) is 0 Å². The minimum atomic E-state index is 1.12. The molecule has 0 unspecified atom stereocenters. The van der Waals surface area contributed by atoms with E-state index < -0.39 is 0 Å². The fraction of sp³-hybridized carbons (Fsp3) is 0. The average Bonchev–Trinajstić information content (AvgIpc) is 3.82. The Bertz CT molecular complexity index is 2720. The predicted octanol–water partition coefficient (Wildman–Crippen LogP) is 11.5. The van der Waals surface area contributed by atoms with Gasteiger partial charge in [0.1, 0.15) is 0 Å². The highest BCUT2D eigenvalue weighted by Gasteiger charge is 2.19. The summed E-state index contributed by atoms with van der Waals surface area (Å²) in [5.41, 5.74) is 11.8. The molecule has 0 fully saturated rings. The summed E-state index contributed by atoms with van der Waals surface area (Å²) in [5, 5.41) is 6.23. The van der Waals surface area contributed by atoms with Crippen molar-refractivity contribution in [3.8, 4) is 28.2 Å². The van der Waals surface area contributed by atoms with E-state index in [1.165, 1.54) is 65.6 Å². The summed E-state index contributed by atoms with van der Waals surface area (Å²) in [6, 6.07) is 61.5. The molecular formula is C44H29N3. The van der Waals surface area contributed by atoms with Gasteiger partial charge < -0.3 is 13.7 Å². The molecule has 10 rings (SSSR count). The first-order valence-electron chi connectivity index (χ1n) is 16.1. The SMILES string of the molecule is c1ccc(-c2cc(-n3ccc4ccc5c6ccccc6n(-c6ccccc6)c5c43)cc(-n3c4ccccc4c4ccccc43)c2)cc1. The highest BCUT2D eigenvalue weighted by Crippen LogP contribution is 2.39. The van der Waals surface area contributed by atoms with Crippen molar-refractivity contribution in [2.75, 3.05) is 0 Å². The fourth-order valence-corrected chi connectivity index (χ4v) is 7.59. The van der Waals surface area contributed by atoms with Crippen molar-refractivity contribution in [1.29, 1.82) is 0 Å². The number of aromatic nitrogens is 3. The van der Waals surface area contributed by atoms with Gasteiger partial charge in [-0.05, 0) is 65.7 Å². The Hall–Kier alpha value is -6.32. The summed E-state index contributed by atoms with van der Waals surface area (Å²) >= 11 is 0. The molecule has 3 heterocycles. The fourth-order valence-electron chi connectivity index (χ4n) is 7.59. The monoisotopic (exact) mass is 599 g/mol. The number of benzene rings is 7. The molecule has 0 aliphatic heterocycles. The van der Waals surface area contributed by atoms with Gasteiger partial charge in [-0.2, -0.15) is 0 Å². The molecule has 0 aliphatic carbocycles. The zero-order chi connectivity index (χ0) is 30.9. The number of rotatable bonds is 4. The molecule has 0 aliphatic rings. The molecule has 0 N–H and O–H groups in total. The normalized spacial score (nSPS) is 11.8. The third-order valence-corrected chi connectivity index (χ3v) is 9.63. The summed E-state index contributed by atoms with van der Waals surface area (Å²) < 4.78 is 7.24. The topological polar surface area (TPSA) is 14.8 Å². The van der Waals surface area contributed by atoms with Crippen LogP contribution in [0.4, 0.5) is 0 Å². The van der Waals surface area contributed by atoms with Crippen LogP contribution in [0.3, 0.4) is 0 Å². The summed E-state index contributed by atoms with van der Waals surface area (Å²) in [6.45, 7) is 0. The number of fused-ring (bicyclic) bond motifs is 8. The summed E-state index contributed by atoms with van der Waals surface area (Å²) in [6.07, 6.45) is 2.23. The van der Waals surface area contributed by atoms with Crippen molar-refractivity contribution in [2.45, 2.75) is 0 Å². The lowest BCUT2D eigenvalue weighted by atomic mass is 10.0. The van der Waals surface area contributed by atoms with Crippen LogP contribution in [-0.2, 0) is 0 Å². The third kappa shape index (κ3) is 3.87. The van der Waals surface area contributed by atoms with Gasteiger partial charge in [0.2, 0.25) is 0 Å². The molecule has 0 spiro atoms. The van der Waals surface area contributed by atoms with Crippen molar-refractivity contribution in [1.82, 2.24) is 13.7 Å². The van der Waals surface area contributed by atoms with E-state index in [0.717, 1.165) is 17.1 Å². The van der Waals surface area contributed by atoms with Gasteiger partial charge in [-0.25, -0.2) is 0 Å².